The molecule has 1 aromatic carbocycles. The van der Waals surface area contributed by atoms with Gasteiger partial charge in [0.1, 0.15) is 0 Å². The summed E-state index contributed by atoms with van der Waals surface area (Å²) in [6.07, 6.45) is 0.729. The number of rotatable bonds is 5. The molecule has 1 heterocycles. The van der Waals surface area contributed by atoms with Crippen LogP contribution in [0.5, 0.6) is 0 Å². The zero-order valence-corrected chi connectivity index (χ0v) is 14.6. The summed E-state index contributed by atoms with van der Waals surface area (Å²) in [5.41, 5.74) is -0.548. The number of benzene rings is 1. The Balaban J connectivity index is 2.25. The summed E-state index contributed by atoms with van der Waals surface area (Å²) in [5.74, 6) is -0.351. The van der Waals surface area contributed by atoms with Gasteiger partial charge in [-0.1, -0.05) is 17.7 Å². The second-order valence-electron chi connectivity index (χ2n) is 5.42. The molecule has 0 aliphatic carbocycles. The van der Waals surface area contributed by atoms with Crippen LogP contribution in [0.25, 0.3) is 0 Å². The number of nitrogens with zero attached hydrogens (tertiary/aromatic N) is 2. The summed E-state index contributed by atoms with van der Waals surface area (Å²) in [7, 11) is -4.10. The van der Waals surface area contributed by atoms with Crippen molar-refractivity contribution in [2.45, 2.75) is 24.7 Å². The molecule has 1 aliphatic rings. The van der Waals surface area contributed by atoms with Crippen molar-refractivity contribution in [2.75, 3.05) is 19.6 Å². The zero-order chi connectivity index (χ0) is 17.9. The van der Waals surface area contributed by atoms with Gasteiger partial charge in [-0.2, -0.15) is 4.31 Å². The summed E-state index contributed by atoms with van der Waals surface area (Å²) >= 11 is 5.92. The predicted octanol–water partition coefficient (Wildman–Crippen LogP) is 1.79. The lowest BCUT2D eigenvalue weighted by atomic mass is 9.97. The number of hydrogen-bond donors (Lipinski definition) is 1. The average molecular weight is 376 g/mol. The third-order valence-electron chi connectivity index (χ3n) is 3.92. The molecule has 10 heteroatoms. The molecule has 1 aliphatic heterocycles. The molecular formula is C14H18ClN3O5S. The van der Waals surface area contributed by atoms with E-state index in [1.165, 1.54) is 12.1 Å². The lowest BCUT2D eigenvalue weighted by Gasteiger charge is -2.30. The lowest BCUT2D eigenvalue weighted by Crippen LogP contribution is -2.43. The van der Waals surface area contributed by atoms with Crippen molar-refractivity contribution in [1.82, 2.24) is 9.62 Å². The Labute approximate surface area is 145 Å². The van der Waals surface area contributed by atoms with Crippen LogP contribution in [0.1, 0.15) is 19.8 Å². The second-order valence-corrected chi connectivity index (χ2v) is 7.70. The van der Waals surface area contributed by atoms with Crippen LogP contribution in [0, 0.1) is 16.0 Å². The van der Waals surface area contributed by atoms with E-state index in [0.717, 1.165) is 10.4 Å². The SMILES string of the molecule is CCNC(=O)C1CCN(S(=O)(=O)c2c(Cl)cccc2[N+](=O)[O-])CC1. The van der Waals surface area contributed by atoms with Gasteiger partial charge in [-0.25, -0.2) is 8.42 Å². The van der Waals surface area contributed by atoms with Crippen LogP contribution in [0.3, 0.4) is 0 Å². The van der Waals surface area contributed by atoms with Gasteiger partial charge in [-0.15, -0.1) is 0 Å². The van der Waals surface area contributed by atoms with E-state index in [2.05, 4.69) is 5.32 Å². The maximum Gasteiger partial charge on any atom is 0.290 e. The first-order valence-electron chi connectivity index (χ1n) is 7.49. The van der Waals surface area contributed by atoms with Gasteiger partial charge in [0.2, 0.25) is 5.91 Å². The van der Waals surface area contributed by atoms with Crippen LogP contribution < -0.4 is 5.32 Å². The number of carbonyl (C=O) groups is 1. The van der Waals surface area contributed by atoms with Crippen LogP contribution in [0.2, 0.25) is 5.02 Å². The molecular weight excluding hydrogens is 358 g/mol. The summed E-state index contributed by atoms with van der Waals surface area (Å²) in [5, 5.41) is 13.7. The first-order chi connectivity index (χ1) is 11.3. The van der Waals surface area contributed by atoms with Crippen molar-refractivity contribution in [3.8, 4) is 0 Å². The van der Waals surface area contributed by atoms with Crippen molar-refractivity contribution in [1.29, 1.82) is 0 Å². The number of carbonyl (C=O) groups excluding carboxylic acids is 1. The number of sulfonamides is 1. The van der Waals surface area contributed by atoms with Crippen molar-refractivity contribution < 1.29 is 18.1 Å². The number of amides is 1. The molecule has 0 bridgehead atoms. The van der Waals surface area contributed by atoms with Gasteiger partial charge in [0.25, 0.3) is 15.7 Å². The Bertz CT molecular complexity index is 745. The summed E-state index contributed by atoms with van der Waals surface area (Å²) < 4.78 is 26.7. The van der Waals surface area contributed by atoms with Crippen molar-refractivity contribution in [3.05, 3.63) is 33.3 Å². The highest BCUT2D eigenvalue weighted by molar-refractivity contribution is 7.89. The van der Waals surface area contributed by atoms with E-state index in [4.69, 9.17) is 11.6 Å². The highest BCUT2D eigenvalue weighted by Gasteiger charge is 2.37. The van der Waals surface area contributed by atoms with E-state index in [0.29, 0.717) is 19.4 Å². The zero-order valence-electron chi connectivity index (χ0n) is 13.1. The van der Waals surface area contributed by atoms with E-state index in [1.54, 1.807) is 0 Å². The predicted molar refractivity (Wildman–Crippen MR) is 88.3 cm³/mol. The highest BCUT2D eigenvalue weighted by Crippen LogP contribution is 2.34. The number of nitro groups is 1. The van der Waals surface area contributed by atoms with Gasteiger partial charge in [-0.05, 0) is 25.8 Å². The van der Waals surface area contributed by atoms with Gasteiger partial charge >= 0.3 is 0 Å². The minimum Gasteiger partial charge on any atom is -0.356 e. The summed E-state index contributed by atoms with van der Waals surface area (Å²) in [4.78, 5) is 21.7. The molecule has 0 aromatic heterocycles. The number of piperidine rings is 1. The van der Waals surface area contributed by atoms with E-state index in [9.17, 15) is 23.3 Å². The monoisotopic (exact) mass is 375 g/mol. The molecule has 0 atom stereocenters. The average Bonchev–Trinajstić information content (AvgIpc) is 2.54. The van der Waals surface area contributed by atoms with Crippen LogP contribution in [-0.2, 0) is 14.8 Å². The molecule has 24 heavy (non-hydrogen) atoms. The molecule has 1 saturated heterocycles. The Kier molecular flexibility index (Phi) is 5.79. The van der Waals surface area contributed by atoms with E-state index < -0.39 is 25.5 Å². The maximum absolute atomic E-state index is 12.8. The Morgan fingerprint density at radius 2 is 2.04 bits per heavy atom. The van der Waals surface area contributed by atoms with E-state index in [1.807, 2.05) is 6.92 Å². The minimum atomic E-state index is -4.10. The van der Waals surface area contributed by atoms with Gasteiger partial charge in [0, 0.05) is 31.6 Å². The maximum atomic E-state index is 12.8. The molecule has 0 unspecified atom stereocenters. The lowest BCUT2D eigenvalue weighted by molar-refractivity contribution is -0.387. The quantitative estimate of drug-likeness (QED) is 0.623. The van der Waals surface area contributed by atoms with Gasteiger partial charge in [-0.3, -0.25) is 14.9 Å². The molecule has 1 amide bonds. The van der Waals surface area contributed by atoms with Crippen LogP contribution in [0.4, 0.5) is 5.69 Å². The molecule has 132 valence electrons. The largest absolute Gasteiger partial charge is 0.356 e. The first kappa shape index (κ1) is 18.6. The smallest absolute Gasteiger partial charge is 0.290 e. The molecule has 8 nitrogen and oxygen atoms in total. The number of halogens is 1. The highest BCUT2D eigenvalue weighted by atomic mass is 35.5. The fourth-order valence-electron chi connectivity index (χ4n) is 2.70. The van der Waals surface area contributed by atoms with E-state index >= 15 is 0 Å². The summed E-state index contributed by atoms with van der Waals surface area (Å²) in [6.45, 7) is 2.57. The van der Waals surface area contributed by atoms with Gasteiger partial charge in [0.05, 0.1) is 9.95 Å². The van der Waals surface area contributed by atoms with Crippen LogP contribution >= 0.6 is 11.6 Å². The Morgan fingerprint density at radius 1 is 1.42 bits per heavy atom. The molecule has 2 rings (SSSR count). The van der Waals surface area contributed by atoms with Crippen LogP contribution in [0.15, 0.2) is 23.1 Å². The Hall–Kier alpha value is -1.71. The third-order valence-corrected chi connectivity index (χ3v) is 6.33. The fourth-order valence-corrected chi connectivity index (χ4v) is 4.84. The first-order valence-corrected chi connectivity index (χ1v) is 9.31. The van der Waals surface area contributed by atoms with Crippen molar-refractivity contribution in [3.63, 3.8) is 0 Å². The standard InChI is InChI=1S/C14H18ClN3O5S/c1-2-16-14(19)10-6-8-17(9-7-10)24(22,23)13-11(15)4-3-5-12(13)18(20)21/h3-5,10H,2,6-9H2,1H3,(H,16,19). The summed E-state index contributed by atoms with van der Waals surface area (Å²) in [6, 6.07) is 3.75. The fraction of sp³-hybridized carbons (Fsp3) is 0.500. The molecule has 1 N–H and O–H groups in total. The topological polar surface area (TPSA) is 110 Å². The molecule has 1 fully saturated rings. The molecule has 1 aromatic rings. The number of nitro benzene ring substituents is 1. The Morgan fingerprint density at radius 3 is 2.58 bits per heavy atom. The number of nitrogens with one attached hydrogen (secondary N) is 1. The van der Waals surface area contributed by atoms with Gasteiger partial charge < -0.3 is 5.32 Å². The molecule has 0 saturated carbocycles. The minimum absolute atomic E-state index is 0.0988. The number of hydrogen-bond acceptors (Lipinski definition) is 5. The molecule has 0 spiro atoms. The van der Waals surface area contributed by atoms with Gasteiger partial charge in [0.15, 0.2) is 4.90 Å². The van der Waals surface area contributed by atoms with Crippen molar-refractivity contribution in [2.24, 2.45) is 5.92 Å². The molecule has 0 radical (unpaired) electrons. The normalized spacial score (nSPS) is 16.8. The van der Waals surface area contributed by atoms with Crippen LogP contribution in [-0.4, -0.2) is 43.2 Å². The van der Waals surface area contributed by atoms with E-state index in [-0.39, 0.29) is 29.9 Å². The third kappa shape index (κ3) is 3.68. The second kappa shape index (κ2) is 7.45. The van der Waals surface area contributed by atoms with Crippen molar-refractivity contribution >= 4 is 33.2 Å².